The minimum absolute atomic E-state index is 0.00911. The summed E-state index contributed by atoms with van der Waals surface area (Å²) in [7, 11) is 1.58. The van der Waals surface area contributed by atoms with Gasteiger partial charge in [-0.05, 0) is 56.0 Å². The lowest BCUT2D eigenvalue weighted by Crippen LogP contribution is -2.46. The Morgan fingerprint density at radius 1 is 0.879 bits per heavy atom. The first kappa shape index (κ1) is 24.6. The van der Waals surface area contributed by atoms with Crippen LogP contribution >= 0.6 is 0 Å². The minimum atomic E-state index is -5.02. The van der Waals surface area contributed by atoms with Crippen LogP contribution in [0.15, 0.2) is 36.4 Å². The predicted molar refractivity (Wildman–Crippen MR) is 111 cm³/mol. The Bertz CT molecular complexity index is 1030. The van der Waals surface area contributed by atoms with Crippen LogP contribution in [0.1, 0.15) is 35.1 Å². The van der Waals surface area contributed by atoms with E-state index in [2.05, 4.69) is 5.32 Å². The summed E-state index contributed by atoms with van der Waals surface area (Å²) in [6, 6.07) is 6.41. The number of alkyl halides is 6. The molecule has 1 aliphatic carbocycles. The van der Waals surface area contributed by atoms with Crippen LogP contribution < -0.4 is 10.2 Å². The van der Waals surface area contributed by atoms with Crippen molar-refractivity contribution in [3.05, 3.63) is 58.7 Å². The van der Waals surface area contributed by atoms with E-state index in [9.17, 15) is 35.9 Å². The summed E-state index contributed by atoms with van der Waals surface area (Å²) < 4.78 is 78.4. The van der Waals surface area contributed by atoms with E-state index in [0.717, 1.165) is 11.1 Å². The van der Waals surface area contributed by atoms with Crippen LogP contribution in [0.2, 0.25) is 0 Å². The predicted octanol–water partition coefficient (Wildman–Crippen LogP) is 5.97. The number of carbonyl (C=O) groups excluding carboxylic acids is 2. The molecule has 2 amide bonds. The highest BCUT2D eigenvalue weighted by Crippen LogP contribution is 2.40. The fourth-order valence-electron chi connectivity index (χ4n) is 4.07. The fourth-order valence-corrected chi connectivity index (χ4v) is 4.07. The summed E-state index contributed by atoms with van der Waals surface area (Å²) in [5, 5.41) is 2.15. The van der Waals surface area contributed by atoms with Crippen LogP contribution in [0.3, 0.4) is 0 Å². The van der Waals surface area contributed by atoms with Gasteiger partial charge in [0.05, 0.1) is 17.0 Å². The third-order valence-corrected chi connectivity index (χ3v) is 5.89. The van der Waals surface area contributed by atoms with E-state index in [-0.39, 0.29) is 12.0 Å². The van der Waals surface area contributed by atoms with Crippen LogP contribution in [-0.4, -0.2) is 18.9 Å². The number of hydrogen-bond donors (Lipinski definition) is 1. The zero-order chi connectivity index (χ0) is 24.7. The van der Waals surface area contributed by atoms with Gasteiger partial charge in [0, 0.05) is 24.3 Å². The van der Waals surface area contributed by atoms with Gasteiger partial charge in [-0.15, -0.1) is 0 Å². The van der Waals surface area contributed by atoms with Gasteiger partial charge in [-0.25, -0.2) is 0 Å². The van der Waals surface area contributed by atoms with Crippen LogP contribution in [-0.2, 0) is 21.9 Å². The molecule has 2 aromatic rings. The SMILES string of the molecule is Cc1cccc(C)c1N(C)C(=O)C1CCC1C(=O)Nc1cc(C(F)(F)F)cc(C(F)(F)F)c1. The van der Waals surface area contributed by atoms with Crippen molar-refractivity contribution in [2.75, 3.05) is 17.3 Å². The summed E-state index contributed by atoms with van der Waals surface area (Å²) >= 11 is 0. The van der Waals surface area contributed by atoms with Crippen LogP contribution in [0.5, 0.6) is 0 Å². The zero-order valence-corrected chi connectivity index (χ0v) is 18.1. The molecule has 33 heavy (non-hydrogen) atoms. The lowest BCUT2D eigenvalue weighted by atomic mass is 9.72. The molecule has 0 aromatic heterocycles. The van der Waals surface area contributed by atoms with Crippen molar-refractivity contribution in [3.8, 4) is 0 Å². The normalized spacial score (nSPS) is 18.5. The number of halogens is 6. The van der Waals surface area contributed by atoms with Crippen LogP contribution in [0, 0.1) is 25.7 Å². The van der Waals surface area contributed by atoms with Crippen molar-refractivity contribution < 1.29 is 35.9 Å². The largest absolute Gasteiger partial charge is 0.416 e. The molecule has 1 fully saturated rings. The Morgan fingerprint density at radius 3 is 1.79 bits per heavy atom. The number of aryl methyl sites for hydroxylation is 2. The molecule has 4 nitrogen and oxygen atoms in total. The first-order chi connectivity index (χ1) is 15.2. The molecule has 3 rings (SSSR count). The Balaban J connectivity index is 1.80. The quantitative estimate of drug-likeness (QED) is 0.558. The van der Waals surface area contributed by atoms with E-state index in [1.165, 1.54) is 4.90 Å². The van der Waals surface area contributed by atoms with Gasteiger partial charge in [-0.1, -0.05) is 18.2 Å². The number of para-hydroxylation sites is 1. The Labute approximate surface area is 186 Å². The van der Waals surface area contributed by atoms with Crippen LogP contribution in [0.25, 0.3) is 0 Å². The van der Waals surface area contributed by atoms with Gasteiger partial charge in [0.2, 0.25) is 11.8 Å². The first-order valence-corrected chi connectivity index (χ1v) is 10.1. The Morgan fingerprint density at radius 2 is 1.36 bits per heavy atom. The number of benzene rings is 2. The number of amides is 2. The summed E-state index contributed by atoms with van der Waals surface area (Å²) in [6.07, 6.45) is -9.36. The highest BCUT2D eigenvalue weighted by atomic mass is 19.4. The van der Waals surface area contributed by atoms with Gasteiger partial charge >= 0.3 is 12.4 Å². The van der Waals surface area contributed by atoms with E-state index >= 15 is 0 Å². The number of nitrogens with one attached hydrogen (secondary N) is 1. The Kier molecular flexibility index (Phi) is 6.50. The average Bonchev–Trinajstić information content (AvgIpc) is 2.65. The molecule has 1 N–H and O–H groups in total. The third-order valence-electron chi connectivity index (χ3n) is 5.89. The van der Waals surface area contributed by atoms with E-state index in [1.54, 1.807) is 7.05 Å². The molecule has 0 aliphatic heterocycles. The molecule has 2 unspecified atom stereocenters. The van der Waals surface area contributed by atoms with E-state index in [0.29, 0.717) is 30.7 Å². The van der Waals surface area contributed by atoms with Crippen molar-refractivity contribution in [1.29, 1.82) is 0 Å². The van der Waals surface area contributed by atoms with Crippen molar-refractivity contribution >= 4 is 23.2 Å². The summed E-state index contributed by atoms with van der Waals surface area (Å²) in [5.41, 5.74) is -1.26. The lowest BCUT2D eigenvalue weighted by Gasteiger charge is -2.37. The molecule has 0 spiro atoms. The molecule has 2 aromatic carbocycles. The lowest BCUT2D eigenvalue weighted by molar-refractivity contribution is -0.143. The van der Waals surface area contributed by atoms with Crippen molar-refractivity contribution in [3.63, 3.8) is 0 Å². The average molecular weight is 472 g/mol. The summed E-state index contributed by atoms with van der Waals surface area (Å²) in [5.74, 6) is -2.70. The molecule has 0 bridgehead atoms. The third kappa shape index (κ3) is 5.15. The second-order valence-corrected chi connectivity index (χ2v) is 8.21. The molecule has 0 saturated heterocycles. The van der Waals surface area contributed by atoms with Crippen molar-refractivity contribution in [2.45, 2.75) is 39.0 Å². The van der Waals surface area contributed by atoms with Gasteiger partial charge in [0.15, 0.2) is 0 Å². The monoisotopic (exact) mass is 472 g/mol. The highest BCUT2D eigenvalue weighted by molar-refractivity contribution is 6.02. The van der Waals surface area contributed by atoms with E-state index in [1.807, 2.05) is 32.0 Å². The molecule has 2 atom stereocenters. The molecule has 10 heteroatoms. The number of anilines is 2. The van der Waals surface area contributed by atoms with Gasteiger partial charge in [0.1, 0.15) is 0 Å². The van der Waals surface area contributed by atoms with Crippen molar-refractivity contribution in [1.82, 2.24) is 0 Å². The minimum Gasteiger partial charge on any atom is -0.326 e. The smallest absolute Gasteiger partial charge is 0.326 e. The molecule has 0 radical (unpaired) electrons. The molecule has 1 aliphatic rings. The molecular formula is C23H22F6N2O2. The molecule has 178 valence electrons. The first-order valence-electron chi connectivity index (χ1n) is 10.1. The van der Waals surface area contributed by atoms with Gasteiger partial charge in [-0.2, -0.15) is 26.3 Å². The Hall–Kier alpha value is -3.04. The maximum absolute atomic E-state index is 13.1. The van der Waals surface area contributed by atoms with Crippen molar-refractivity contribution in [2.24, 2.45) is 11.8 Å². The van der Waals surface area contributed by atoms with E-state index < -0.39 is 46.9 Å². The maximum atomic E-state index is 13.1. The maximum Gasteiger partial charge on any atom is 0.416 e. The fraction of sp³-hybridized carbons (Fsp3) is 0.391. The van der Waals surface area contributed by atoms with Crippen LogP contribution in [0.4, 0.5) is 37.7 Å². The summed E-state index contributed by atoms with van der Waals surface area (Å²) in [4.78, 5) is 27.1. The van der Waals surface area contributed by atoms with E-state index in [4.69, 9.17) is 0 Å². The highest BCUT2D eigenvalue weighted by Gasteiger charge is 2.43. The molecule has 1 saturated carbocycles. The zero-order valence-electron chi connectivity index (χ0n) is 18.1. The standard InChI is InChI=1S/C23H22F6N2O2/c1-12-5-4-6-13(2)19(12)31(3)21(33)18-8-7-17(18)20(32)30-16-10-14(22(24,25)26)9-15(11-16)23(27,28)29/h4-6,9-11,17-18H,7-8H2,1-3H3,(H,30,32). The number of nitrogens with zero attached hydrogens (tertiary/aromatic N) is 1. The second-order valence-electron chi connectivity index (χ2n) is 8.21. The molecule has 0 heterocycles. The van der Waals surface area contributed by atoms with Gasteiger partial charge < -0.3 is 10.2 Å². The second kappa shape index (κ2) is 8.72. The van der Waals surface area contributed by atoms with Gasteiger partial charge in [-0.3, -0.25) is 9.59 Å². The number of hydrogen-bond acceptors (Lipinski definition) is 2. The van der Waals surface area contributed by atoms with Gasteiger partial charge in [0.25, 0.3) is 0 Å². The molecular weight excluding hydrogens is 450 g/mol. The topological polar surface area (TPSA) is 49.4 Å². The number of rotatable bonds is 4. The summed E-state index contributed by atoms with van der Waals surface area (Å²) in [6.45, 7) is 3.67. The number of carbonyl (C=O) groups is 2.